The molecule has 2 aliphatic rings. The highest BCUT2D eigenvalue weighted by molar-refractivity contribution is 5.96. The van der Waals surface area contributed by atoms with Crippen LogP contribution in [0.4, 0.5) is 0 Å². The first kappa shape index (κ1) is 20.1. The maximum Gasteiger partial charge on any atom is 0.255 e. The lowest BCUT2D eigenvalue weighted by Gasteiger charge is -2.42. The number of carbonyl (C=O) groups is 1. The number of piperazine rings is 1. The summed E-state index contributed by atoms with van der Waals surface area (Å²) in [6.07, 6.45) is 7.69. The zero-order valence-electron chi connectivity index (χ0n) is 18.0. The molecule has 5 rings (SSSR count). The number of fused-ring (bicyclic) bond motifs is 1. The summed E-state index contributed by atoms with van der Waals surface area (Å²) in [6, 6.07) is 8.38. The van der Waals surface area contributed by atoms with Crippen LogP contribution >= 0.6 is 0 Å². The predicted molar refractivity (Wildman–Crippen MR) is 119 cm³/mol. The summed E-state index contributed by atoms with van der Waals surface area (Å²) in [6.45, 7) is 6.40. The van der Waals surface area contributed by atoms with E-state index in [-0.39, 0.29) is 5.91 Å². The van der Waals surface area contributed by atoms with Gasteiger partial charge in [0.15, 0.2) is 5.65 Å². The molecule has 0 saturated carbocycles. The topological polar surface area (TPSA) is 70.4 Å². The number of hydrogen-bond donors (Lipinski definition) is 0. The summed E-state index contributed by atoms with van der Waals surface area (Å²) < 4.78 is 1.96. The minimum Gasteiger partial charge on any atom is -0.336 e. The van der Waals surface area contributed by atoms with E-state index in [9.17, 15) is 4.79 Å². The van der Waals surface area contributed by atoms with Crippen molar-refractivity contribution in [2.24, 2.45) is 0 Å². The molecule has 8 heteroatoms. The summed E-state index contributed by atoms with van der Waals surface area (Å²) in [7, 11) is 2.19. The first-order chi connectivity index (χ1) is 15.2. The summed E-state index contributed by atoms with van der Waals surface area (Å²) >= 11 is 0. The average Bonchev–Trinajstić information content (AvgIpc) is 3.22. The van der Waals surface area contributed by atoms with Crippen LogP contribution in [0, 0.1) is 0 Å². The second-order valence-corrected chi connectivity index (χ2v) is 8.62. The van der Waals surface area contributed by atoms with Crippen molar-refractivity contribution in [2.45, 2.75) is 25.4 Å². The number of pyridine rings is 2. The number of likely N-dealkylation sites (tertiary alicyclic amines) is 1. The largest absolute Gasteiger partial charge is 0.336 e. The van der Waals surface area contributed by atoms with Crippen molar-refractivity contribution in [1.29, 1.82) is 0 Å². The highest BCUT2D eigenvalue weighted by Gasteiger charge is 2.28. The molecule has 5 heterocycles. The molecule has 0 atom stereocenters. The van der Waals surface area contributed by atoms with E-state index in [1.165, 1.54) is 25.9 Å². The smallest absolute Gasteiger partial charge is 0.255 e. The lowest BCUT2D eigenvalue weighted by molar-refractivity contribution is 0.0475. The monoisotopic (exact) mass is 419 g/mol. The molecule has 1 amide bonds. The van der Waals surface area contributed by atoms with E-state index < -0.39 is 0 Å². The Morgan fingerprint density at radius 1 is 1.03 bits per heavy atom. The molecule has 8 nitrogen and oxygen atoms in total. The van der Waals surface area contributed by atoms with E-state index in [1.807, 2.05) is 33.7 Å². The number of carbonyl (C=O) groups excluding carboxylic acids is 1. The van der Waals surface area contributed by atoms with Crippen LogP contribution in [0.3, 0.4) is 0 Å². The molecule has 162 valence electrons. The van der Waals surface area contributed by atoms with Gasteiger partial charge in [0.1, 0.15) is 5.52 Å². The molecular weight excluding hydrogens is 390 g/mol. The normalized spacial score (nSPS) is 19.2. The third kappa shape index (κ3) is 4.31. The van der Waals surface area contributed by atoms with Gasteiger partial charge in [-0.1, -0.05) is 6.07 Å². The fourth-order valence-corrected chi connectivity index (χ4v) is 4.68. The van der Waals surface area contributed by atoms with Crippen LogP contribution < -0.4 is 0 Å². The van der Waals surface area contributed by atoms with Gasteiger partial charge in [-0.2, -0.15) is 0 Å². The third-order valence-corrected chi connectivity index (χ3v) is 6.57. The van der Waals surface area contributed by atoms with Crippen LogP contribution in [-0.2, 0) is 6.54 Å². The van der Waals surface area contributed by atoms with Gasteiger partial charge in [-0.3, -0.25) is 14.7 Å². The number of rotatable bonds is 4. The van der Waals surface area contributed by atoms with Crippen LogP contribution in [0.25, 0.3) is 11.2 Å². The van der Waals surface area contributed by atoms with Crippen LogP contribution in [0.15, 0.2) is 43.0 Å². The molecular formula is C23H29N7O. The fraction of sp³-hybridized carbons (Fsp3) is 0.478. The second-order valence-electron chi connectivity index (χ2n) is 8.62. The molecule has 0 unspecified atom stereocenters. The Hall–Kier alpha value is -2.84. The minimum atomic E-state index is 0.0525. The molecule has 31 heavy (non-hydrogen) atoms. The molecule has 2 aliphatic heterocycles. The van der Waals surface area contributed by atoms with Gasteiger partial charge in [0.25, 0.3) is 5.91 Å². The molecule has 2 fully saturated rings. The van der Waals surface area contributed by atoms with Crippen molar-refractivity contribution in [3.05, 3.63) is 54.2 Å². The number of piperidine rings is 1. The zero-order chi connectivity index (χ0) is 21.2. The molecule has 2 saturated heterocycles. The van der Waals surface area contributed by atoms with E-state index in [1.54, 1.807) is 18.7 Å². The van der Waals surface area contributed by atoms with Crippen LogP contribution in [0.2, 0.25) is 0 Å². The van der Waals surface area contributed by atoms with Crippen LogP contribution in [0.5, 0.6) is 0 Å². The predicted octanol–water partition coefficient (Wildman–Crippen LogP) is 1.73. The van der Waals surface area contributed by atoms with Gasteiger partial charge >= 0.3 is 0 Å². The van der Waals surface area contributed by atoms with Crippen LogP contribution in [-0.4, -0.2) is 92.5 Å². The van der Waals surface area contributed by atoms with E-state index >= 15 is 0 Å². The van der Waals surface area contributed by atoms with Crippen molar-refractivity contribution in [2.75, 3.05) is 46.3 Å². The van der Waals surface area contributed by atoms with Gasteiger partial charge in [0.2, 0.25) is 0 Å². The van der Waals surface area contributed by atoms with E-state index in [2.05, 4.69) is 31.8 Å². The highest BCUT2D eigenvalue weighted by atomic mass is 16.2. The average molecular weight is 420 g/mol. The second kappa shape index (κ2) is 8.72. The van der Waals surface area contributed by atoms with Gasteiger partial charge in [-0.25, -0.2) is 9.97 Å². The summed E-state index contributed by atoms with van der Waals surface area (Å²) in [5, 5.41) is 0. The lowest BCUT2D eigenvalue weighted by Crippen LogP contribution is -2.54. The molecule has 0 spiro atoms. The van der Waals surface area contributed by atoms with Gasteiger partial charge in [0, 0.05) is 44.6 Å². The van der Waals surface area contributed by atoms with Crippen molar-refractivity contribution in [3.63, 3.8) is 0 Å². The van der Waals surface area contributed by atoms with Gasteiger partial charge in [-0.15, -0.1) is 0 Å². The Morgan fingerprint density at radius 3 is 2.58 bits per heavy atom. The molecule has 0 radical (unpaired) electrons. The van der Waals surface area contributed by atoms with Gasteiger partial charge in [-0.05, 0) is 51.2 Å². The van der Waals surface area contributed by atoms with Crippen LogP contribution in [0.1, 0.15) is 28.9 Å². The van der Waals surface area contributed by atoms with Crippen molar-refractivity contribution in [1.82, 2.24) is 34.2 Å². The van der Waals surface area contributed by atoms with Crippen molar-refractivity contribution in [3.8, 4) is 0 Å². The number of imidazole rings is 1. The first-order valence-corrected chi connectivity index (χ1v) is 11.1. The molecule has 0 bridgehead atoms. The number of amides is 1. The Balaban J connectivity index is 1.23. The molecule has 3 aromatic rings. The SMILES string of the molecule is CN1CCC(N2CCN(C(=O)c3cnc4c(c3)ncn4Cc3ccccn3)CC2)CC1. The molecule has 3 aromatic heterocycles. The Kier molecular flexibility index (Phi) is 5.65. The minimum absolute atomic E-state index is 0.0525. The summed E-state index contributed by atoms with van der Waals surface area (Å²) in [5.74, 6) is 0.0525. The zero-order valence-corrected chi connectivity index (χ0v) is 18.0. The first-order valence-electron chi connectivity index (χ1n) is 11.1. The van der Waals surface area contributed by atoms with E-state index in [0.717, 1.165) is 43.0 Å². The maximum absolute atomic E-state index is 13.1. The van der Waals surface area contributed by atoms with E-state index in [0.29, 0.717) is 18.2 Å². The molecule has 0 aliphatic carbocycles. The summed E-state index contributed by atoms with van der Waals surface area (Å²) in [4.78, 5) is 33.4. The van der Waals surface area contributed by atoms with Crippen molar-refractivity contribution < 1.29 is 4.79 Å². The number of hydrogen-bond acceptors (Lipinski definition) is 6. The van der Waals surface area contributed by atoms with Crippen molar-refractivity contribution >= 4 is 17.1 Å². The fourth-order valence-electron chi connectivity index (χ4n) is 4.68. The van der Waals surface area contributed by atoms with Gasteiger partial charge < -0.3 is 14.4 Å². The Labute approximate surface area is 182 Å². The molecule has 0 N–H and O–H groups in total. The molecule has 0 aromatic carbocycles. The standard InChI is InChI=1S/C23H29N7O/c1-27-8-5-20(6-9-27)28-10-12-29(13-11-28)23(31)18-14-21-22(25-15-18)30(17-26-21)16-19-4-2-3-7-24-19/h2-4,7,14-15,17,20H,5-6,8-13,16H2,1H3. The Bertz CT molecular complexity index is 1030. The quantitative estimate of drug-likeness (QED) is 0.642. The third-order valence-electron chi connectivity index (χ3n) is 6.57. The maximum atomic E-state index is 13.1. The lowest BCUT2D eigenvalue weighted by atomic mass is 10.0. The Morgan fingerprint density at radius 2 is 1.84 bits per heavy atom. The summed E-state index contributed by atoms with van der Waals surface area (Å²) in [5.41, 5.74) is 3.08. The number of aromatic nitrogens is 4. The highest BCUT2D eigenvalue weighted by Crippen LogP contribution is 2.19. The van der Waals surface area contributed by atoms with Gasteiger partial charge in [0.05, 0.1) is 24.1 Å². The number of nitrogens with zero attached hydrogens (tertiary/aromatic N) is 7. The van der Waals surface area contributed by atoms with E-state index in [4.69, 9.17) is 0 Å².